The number of rotatable bonds is 4. The van der Waals surface area contributed by atoms with E-state index in [1.165, 1.54) is 0 Å². The number of carbonyl (C=O) groups is 1. The number of H-pyrrole nitrogens is 1. The van der Waals surface area contributed by atoms with E-state index in [-0.39, 0.29) is 17.9 Å². The zero-order chi connectivity index (χ0) is 12.2. The lowest BCUT2D eigenvalue weighted by molar-refractivity contribution is 0.0865. The summed E-state index contributed by atoms with van der Waals surface area (Å²) >= 11 is 0. The number of amides is 1. The molecule has 4 heteroatoms. The van der Waals surface area contributed by atoms with E-state index in [1.807, 2.05) is 0 Å². The van der Waals surface area contributed by atoms with Crippen LogP contribution in [-0.2, 0) is 0 Å². The lowest BCUT2D eigenvalue weighted by Gasteiger charge is -2.22. The van der Waals surface area contributed by atoms with Gasteiger partial charge in [-0.1, -0.05) is 20.8 Å². The van der Waals surface area contributed by atoms with Gasteiger partial charge in [0, 0.05) is 12.7 Å². The van der Waals surface area contributed by atoms with Crippen LogP contribution in [0.15, 0.2) is 18.3 Å². The molecule has 1 aromatic heterocycles. The van der Waals surface area contributed by atoms with E-state index in [1.54, 1.807) is 18.3 Å². The highest BCUT2D eigenvalue weighted by atomic mass is 16.3. The van der Waals surface area contributed by atoms with Crippen LogP contribution in [0.5, 0.6) is 0 Å². The maximum absolute atomic E-state index is 11.5. The number of aliphatic hydroxyl groups is 1. The first kappa shape index (κ1) is 12.8. The van der Waals surface area contributed by atoms with Gasteiger partial charge in [0.1, 0.15) is 5.69 Å². The van der Waals surface area contributed by atoms with Crippen molar-refractivity contribution in [3.63, 3.8) is 0 Å². The van der Waals surface area contributed by atoms with Gasteiger partial charge in [-0.05, 0) is 24.0 Å². The molecule has 0 saturated heterocycles. The summed E-state index contributed by atoms with van der Waals surface area (Å²) in [6.45, 7) is 6.46. The van der Waals surface area contributed by atoms with Gasteiger partial charge in [-0.3, -0.25) is 4.79 Å². The van der Waals surface area contributed by atoms with Crippen LogP contribution < -0.4 is 5.32 Å². The first-order chi connectivity index (χ1) is 7.38. The van der Waals surface area contributed by atoms with Crippen molar-refractivity contribution >= 4 is 5.91 Å². The highest BCUT2D eigenvalue weighted by molar-refractivity contribution is 5.92. The lowest BCUT2D eigenvalue weighted by Crippen LogP contribution is -2.34. The van der Waals surface area contributed by atoms with E-state index in [0.29, 0.717) is 12.1 Å². The summed E-state index contributed by atoms with van der Waals surface area (Å²) in [6.07, 6.45) is 1.86. The van der Waals surface area contributed by atoms with Crippen LogP contribution in [0.1, 0.15) is 37.7 Å². The molecule has 1 amide bonds. The fraction of sp³-hybridized carbons (Fsp3) is 0.583. The molecule has 0 aromatic carbocycles. The van der Waals surface area contributed by atoms with E-state index < -0.39 is 6.10 Å². The monoisotopic (exact) mass is 224 g/mol. The smallest absolute Gasteiger partial charge is 0.267 e. The summed E-state index contributed by atoms with van der Waals surface area (Å²) in [6, 6.07) is 3.46. The summed E-state index contributed by atoms with van der Waals surface area (Å²) < 4.78 is 0. The number of hydrogen-bond donors (Lipinski definition) is 3. The van der Waals surface area contributed by atoms with Gasteiger partial charge >= 0.3 is 0 Å². The minimum Gasteiger partial charge on any atom is -0.391 e. The minimum atomic E-state index is -0.501. The Balaban J connectivity index is 2.32. The number of nitrogens with one attached hydrogen (secondary N) is 2. The molecule has 1 rings (SSSR count). The molecular weight excluding hydrogens is 204 g/mol. The second-order valence-corrected chi connectivity index (χ2v) is 5.21. The normalized spacial score (nSPS) is 13.5. The van der Waals surface area contributed by atoms with Crippen molar-refractivity contribution < 1.29 is 9.90 Å². The second-order valence-electron chi connectivity index (χ2n) is 5.21. The number of carbonyl (C=O) groups excluding carboxylic acids is 1. The van der Waals surface area contributed by atoms with Gasteiger partial charge in [0.15, 0.2) is 0 Å². The van der Waals surface area contributed by atoms with Gasteiger partial charge in [-0.15, -0.1) is 0 Å². The summed E-state index contributed by atoms with van der Waals surface area (Å²) in [4.78, 5) is 14.3. The average Bonchev–Trinajstić information content (AvgIpc) is 2.64. The van der Waals surface area contributed by atoms with Crippen molar-refractivity contribution in [2.75, 3.05) is 6.54 Å². The van der Waals surface area contributed by atoms with Crippen molar-refractivity contribution in [1.82, 2.24) is 10.3 Å². The molecule has 3 N–H and O–H groups in total. The van der Waals surface area contributed by atoms with Crippen LogP contribution in [-0.4, -0.2) is 28.6 Å². The van der Waals surface area contributed by atoms with E-state index in [0.717, 1.165) is 0 Å². The highest BCUT2D eigenvalue weighted by Gasteiger charge is 2.17. The Morgan fingerprint density at radius 2 is 2.25 bits per heavy atom. The molecule has 0 bridgehead atoms. The van der Waals surface area contributed by atoms with Gasteiger partial charge in [0.2, 0.25) is 0 Å². The Labute approximate surface area is 96.1 Å². The summed E-state index contributed by atoms with van der Waals surface area (Å²) in [5.74, 6) is -0.182. The van der Waals surface area contributed by atoms with E-state index >= 15 is 0 Å². The Morgan fingerprint density at radius 3 is 2.75 bits per heavy atom. The lowest BCUT2D eigenvalue weighted by atomic mass is 9.89. The third-order valence-corrected chi connectivity index (χ3v) is 2.19. The molecule has 90 valence electrons. The van der Waals surface area contributed by atoms with Gasteiger partial charge < -0.3 is 15.4 Å². The van der Waals surface area contributed by atoms with Gasteiger partial charge in [-0.25, -0.2) is 0 Å². The predicted octanol–water partition coefficient (Wildman–Crippen LogP) is 1.54. The van der Waals surface area contributed by atoms with Gasteiger partial charge in [-0.2, -0.15) is 0 Å². The summed E-state index contributed by atoms with van der Waals surface area (Å²) in [5, 5.41) is 12.4. The SMILES string of the molecule is CC(C)(C)CC(O)CNC(=O)c1ccc[nH]1. The Morgan fingerprint density at radius 1 is 1.56 bits per heavy atom. The molecule has 1 aromatic rings. The number of aliphatic hydroxyl groups excluding tert-OH is 1. The molecule has 16 heavy (non-hydrogen) atoms. The van der Waals surface area contributed by atoms with Crippen LogP contribution in [0.2, 0.25) is 0 Å². The topological polar surface area (TPSA) is 65.1 Å². The quantitative estimate of drug-likeness (QED) is 0.726. The van der Waals surface area contributed by atoms with Crippen LogP contribution in [0.25, 0.3) is 0 Å². The molecule has 1 atom stereocenters. The van der Waals surface area contributed by atoms with Gasteiger partial charge in [0.05, 0.1) is 6.10 Å². The Hall–Kier alpha value is -1.29. The Bertz CT molecular complexity index is 325. The van der Waals surface area contributed by atoms with E-state index in [4.69, 9.17) is 0 Å². The van der Waals surface area contributed by atoms with E-state index in [9.17, 15) is 9.90 Å². The van der Waals surface area contributed by atoms with Crippen molar-refractivity contribution in [2.45, 2.75) is 33.3 Å². The molecule has 0 saturated carbocycles. The minimum absolute atomic E-state index is 0.0660. The van der Waals surface area contributed by atoms with Crippen LogP contribution >= 0.6 is 0 Å². The molecule has 1 heterocycles. The molecule has 0 aliphatic rings. The number of hydrogen-bond acceptors (Lipinski definition) is 2. The number of aromatic amines is 1. The maximum Gasteiger partial charge on any atom is 0.267 e. The molecule has 0 fully saturated rings. The highest BCUT2D eigenvalue weighted by Crippen LogP contribution is 2.20. The Kier molecular flexibility index (Phi) is 4.12. The summed E-state index contributed by atoms with van der Waals surface area (Å²) in [7, 11) is 0. The van der Waals surface area contributed by atoms with Crippen molar-refractivity contribution in [3.8, 4) is 0 Å². The molecule has 0 aliphatic heterocycles. The fourth-order valence-corrected chi connectivity index (χ4v) is 1.56. The molecule has 4 nitrogen and oxygen atoms in total. The van der Waals surface area contributed by atoms with Crippen molar-refractivity contribution in [2.24, 2.45) is 5.41 Å². The first-order valence-electron chi connectivity index (χ1n) is 5.48. The molecule has 0 aliphatic carbocycles. The largest absolute Gasteiger partial charge is 0.391 e. The standard InChI is InChI=1S/C12H20N2O2/c1-12(2,3)7-9(15)8-14-11(16)10-5-4-6-13-10/h4-6,9,13,15H,7-8H2,1-3H3,(H,14,16). The van der Waals surface area contributed by atoms with Crippen molar-refractivity contribution in [1.29, 1.82) is 0 Å². The van der Waals surface area contributed by atoms with Crippen molar-refractivity contribution in [3.05, 3.63) is 24.0 Å². The molecular formula is C12H20N2O2. The molecule has 0 spiro atoms. The average molecular weight is 224 g/mol. The first-order valence-corrected chi connectivity index (χ1v) is 5.48. The number of aromatic nitrogens is 1. The van der Waals surface area contributed by atoms with Crippen LogP contribution in [0.4, 0.5) is 0 Å². The van der Waals surface area contributed by atoms with Crippen LogP contribution in [0, 0.1) is 5.41 Å². The summed E-state index contributed by atoms with van der Waals surface area (Å²) in [5.41, 5.74) is 0.583. The third-order valence-electron chi connectivity index (χ3n) is 2.19. The zero-order valence-corrected chi connectivity index (χ0v) is 10.1. The van der Waals surface area contributed by atoms with Crippen LogP contribution in [0.3, 0.4) is 0 Å². The zero-order valence-electron chi connectivity index (χ0n) is 10.1. The fourth-order valence-electron chi connectivity index (χ4n) is 1.56. The maximum atomic E-state index is 11.5. The molecule has 1 unspecified atom stereocenters. The molecule has 0 radical (unpaired) electrons. The van der Waals surface area contributed by atoms with Gasteiger partial charge in [0.25, 0.3) is 5.91 Å². The second kappa shape index (κ2) is 5.16. The van der Waals surface area contributed by atoms with E-state index in [2.05, 4.69) is 31.1 Å². The predicted molar refractivity (Wildman–Crippen MR) is 63.2 cm³/mol. The third kappa shape index (κ3) is 4.49.